The minimum absolute atomic E-state index is 0.00753. The van der Waals surface area contributed by atoms with Gasteiger partial charge in [-0.15, -0.1) is 10.2 Å². The summed E-state index contributed by atoms with van der Waals surface area (Å²) in [5.74, 6) is -1.46. The lowest BCUT2D eigenvalue weighted by atomic mass is 9.94. The first-order chi connectivity index (χ1) is 19.3. The van der Waals surface area contributed by atoms with Crippen molar-refractivity contribution in [2.75, 3.05) is 4.90 Å². The second-order valence-corrected chi connectivity index (χ2v) is 11.9. The third-order valence-corrected chi connectivity index (χ3v) is 9.03. The summed E-state index contributed by atoms with van der Waals surface area (Å²) < 4.78 is 21.5. The lowest BCUT2D eigenvalue weighted by molar-refractivity contribution is -0.132. The van der Waals surface area contributed by atoms with Gasteiger partial charge in [0, 0.05) is 23.3 Å². The highest BCUT2D eigenvalue weighted by Crippen LogP contribution is 2.45. The van der Waals surface area contributed by atoms with E-state index in [1.807, 2.05) is 38.1 Å². The number of benzene rings is 3. The van der Waals surface area contributed by atoms with Crippen LogP contribution in [0.4, 0.5) is 9.52 Å². The Hall–Kier alpha value is -4.02. The molecule has 6 rings (SSSR count). The molecular weight excluding hydrogens is 549 g/mol. The molecule has 0 unspecified atom stereocenters. The van der Waals surface area contributed by atoms with Crippen LogP contribution in [-0.2, 0) is 21.8 Å². The van der Waals surface area contributed by atoms with Crippen LogP contribution in [0.3, 0.4) is 0 Å². The molecule has 1 amide bonds. The molecule has 3 aromatic carbocycles. The molecule has 0 aliphatic carbocycles. The van der Waals surface area contributed by atoms with Gasteiger partial charge in [-0.3, -0.25) is 14.5 Å². The number of aromatic nitrogens is 2. The number of rotatable bonds is 6. The number of Topliss-reactive ketones (excluding diaryl/α,β-unsaturated/α-hetero) is 1. The highest BCUT2D eigenvalue weighted by atomic mass is 32.2. The third-order valence-electron chi connectivity index (χ3n) is 6.90. The average Bonchev–Trinajstić information content (AvgIpc) is 3.63. The summed E-state index contributed by atoms with van der Waals surface area (Å²) in [4.78, 5) is 28.0. The maximum absolute atomic E-state index is 15.2. The molecule has 3 heterocycles. The lowest BCUT2D eigenvalue weighted by Gasteiger charge is -2.22. The minimum atomic E-state index is -1.22. The molecule has 1 N–H and O–H groups in total. The molecular formula is C30H24FN3O4S2. The molecule has 0 spiro atoms. The number of anilines is 1. The molecule has 4 aromatic rings. The smallest absolute Gasteiger partial charge is 0.301 e. The van der Waals surface area contributed by atoms with E-state index in [1.54, 1.807) is 24.3 Å². The SMILES string of the molecule is Cc1ccc(CSc2nnc(N3C(=O)C(=O)/C(=C(/O)c4ccc5c(c4)C[C@H](C)O5)[C@@H]3c3ccccc3F)s2)cc1. The molecule has 1 fully saturated rings. The van der Waals surface area contributed by atoms with Crippen LogP contribution in [0.5, 0.6) is 5.75 Å². The number of amides is 1. The maximum Gasteiger partial charge on any atom is 0.301 e. The van der Waals surface area contributed by atoms with Gasteiger partial charge in [0.15, 0.2) is 4.34 Å². The van der Waals surface area contributed by atoms with Crippen molar-refractivity contribution < 1.29 is 23.8 Å². The van der Waals surface area contributed by atoms with E-state index in [0.29, 0.717) is 27.8 Å². The molecule has 0 radical (unpaired) electrons. The predicted molar refractivity (Wildman–Crippen MR) is 152 cm³/mol. The molecule has 2 aliphatic heterocycles. The number of hydrogen-bond acceptors (Lipinski definition) is 8. The number of fused-ring (bicyclic) bond motifs is 1. The largest absolute Gasteiger partial charge is 0.507 e. The van der Waals surface area contributed by atoms with Gasteiger partial charge in [-0.2, -0.15) is 0 Å². The van der Waals surface area contributed by atoms with Gasteiger partial charge in [-0.1, -0.05) is 71.1 Å². The summed E-state index contributed by atoms with van der Waals surface area (Å²) in [7, 11) is 0. The normalized spacial score (nSPS) is 19.6. The molecule has 1 aromatic heterocycles. The maximum atomic E-state index is 15.2. The van der Waals surface area contributed by atoms with Gasteiger partial charge >= 0.3 is 5.91 Å². The molecule has 0 bridgehead atoms. The van der Waals surface area contributed by atoms with E-state index in [0.717, 1.165) is 27.4 Å². The average molecular weight is 574 g/mol. The van der Waals surface area contributed by atoms with Crippen LogP contribution in [-0.4, -0.2) is 33.1 Å². The fourth-order valence-electron chi connectivity index (χ4n) is 4.93. The summed E-state index contributed by atoms with van der Waals surface area (Å²) in [6, 6.07) is 17.9. The molecule has 7 nitrogen and oxygen atoms in total. The number of aliphatic hydroxyl groups excluding tert-OH is 1. The quantitative estimate of drug-likeness (QED) is 0.0961. The monoisotopic (exact) mass is 573 g/mol. The molecule has 0 saturated carbocycles. The van der Waals surface area contributed by atoms with E-state index >= 15 is 4.39 Å². The number of halogens is 1. The van der Waals surface area contributed by atoms with Crippen LogP contribution in [0.2, 0.25) is 0 Å². The van der Waals surface area contributed by atoms with Crippen molar-refractivity contribution in [3.05, 3.63) is 106 Å². The second kappa shape index (κ2) is 10.5. The molecule has 1 saturated heterocycles. The minimum Gasteiger partial charge on any atom is -0.507 e. The lowest BCUT2D eigenvalue weighted by Crippen LogP contribution is -2.29. The van der Waals surface area contributed by atoms with Crippen molar-refractivity contribution in [2.24, 2.45) is 0 Å². The Balaban J connectivity index is 1.39. The molecule has 10 heteroatoms. The second-order valence-electron chi connectivity index (χ2n) is 9.77. The van der Waals surface area contributed by atoms with E-state index in [9.17, 15) is 14.7 Å². The first-order valence-electron chi connectivity index (χ1n) is 12.7. The number of hydrogen-bond donors (Lipinski definition) is 1. The summed E-state index contributed by atoms with van der Waals surface area (Å²) in [5, 5.41) is 20.0. The van der Waals surface area contributed by atoms with Crippen molar-refractivity contribution in [1.29, 1.82) is 0 Å². The summed E-state index contributed by atoms with van der Waals surface area (Å²) in [6.07, 6.45) is 0.641. The van der Waals surface area contributed by atoms with Crippen LogP contribution in [0, 0.1) is 12.7 Å². The highest BCUT2D eigenvalue weighted by Gasteiger charge is 2.49. The van der Waals surface area contributed by atoms with Crippen LogP contribution < -0.4 is 9.64 Å². The van der Waals surface area contributed by atoms with E-state index in [4.69, 9.17) is 4.74 Å². The van der Waals surface area contributed by atoms with Gasteiger partial charge in [-0.05, 0) is 49.2 Å². The fourth-order valence-corrected chi connectivity index (χ4v) is 6.76. The van der Waals surface area contributed by atoms with Crippen LogP contribution in [0.15, 0.2) is 76.6 Å². The molecule has 2 atom stereocenters. The fraction of sp³-hybridized carbons (Fsp3) is 0.200. The first kappa shape index (κ1) is 26.2. The van der Waals surface area contributed by atoms with Crippen molar-refractivity contribution >= 4 is 45.7 Å². The van der Waals surface area contributed by atoms with Crippen molar-refractivity contribution in [2.45, 2.75) is 42.5 Å². The van der Waals surface area contributed by atoms with Gasteiger partial charge in [0.25, 0.3) is 5.78 Å². The van der Waals surface area contributed by atoms with E-state index in [-0.39, 0.29) is 28.1 Å². The summed E-state index contributed by atoms with van der Waals surface area (Å²) >= 11 is 2.59. The van der Waals surface area contributed by atoms with Gasteiger partial charge in [-0.25, -0.2) is 4.39 Å². The zero-order valence-electron chi connectivity index (χ0n) is 21.6. The van der Waals surface area contributed by atoms with E-state index in [1.165, 1.54) is 35.5 Å². The number of aryl methyl sites for hydroxylation is 1. The number of carbonyl (C=O) groups is 2. The number of ether oxygens (including phenoxy) is 1. The Morgan fingerprint density at radius 2 is 1.90 bits per heavy atom. The predicted octanol–water partition coefficient (Wildman–Crippen LogP) is 6.23. The zero-order chi connectivity index (χ0) is 28.0. The molecule has 40 heavy (non-hydrogen) atoms. The summed E-state index contributed by atoms with van der Waals surface area (Å²) in [6.45, 7) is 3.96. The number of ketones is 1. The first-order valence-corrected chi connectivity index (χ1v) is 14.5. The summed E-state index contributed by atoms with van der Waals surface area (Å²) in [5.41, 5.74) is 3.37. The van der Waals surface area contributed by atoms with Gasteiger partial charge < -0.3 is 9.84 Å². The Bertz CT molecular complexity index is 1670. The van der Waals surface area contributed by atoms with E-state index < -0.39 is 23.5 Å². The van der Waals surface area contributed by atoms with E-state index in [2.05, 4.69) is 10.2 Å². The Morgan fingerprint density at radius 3 is 2.67 bits per heavy atom. The Kier molecular flexibility index (Phi) is 6.89. The number of nitrogens with zero attached hydrogens (tertiary/aromatic N) is 3. The van der Waals surface area contributed by atoms with Gasteiger partial charge in [0.05, 0.1) is 5.57 Å². The van der Waals surface area contributed by atoms with Crippen molar-refractivity contribution in [3.63, 3.8) is 0 Å². The van der Waals surface area contributed by atoms with Crippen LogP contribution in [0.1, 0.15) is 40.8 Å². The van der Waals surface area contributed by atoms with Gasteiger partial charge in [0.1, 0.15) is 29.5 Å². The Morgan fingerprint density at radius 1 is 1.12 bits per heavy atom. The van der Waals surface area contributed by atoms with Gasteiger partial charge in [0.2, 0.25) is 5.13 Å². The number of thioether (sulfide) groups is 1. The molecule has 202 valence electrons. The van der Waals surface area contributed by atoms with Crippen molar-refractivity contribution in [3.8, 4) is 5.75 Å². The van der Waals surface area contributed by atoms with Crippen LogP contribution >= 0.6 is 23.1 Å². The van der Waals surface area contributed by atoms with Crippen LogP contribution in [0.25, 0.3) is 5.76 Å². The standard InChI is InChI=1S/C30H24FN3O4S2/c1-16-7-9-18(10-8-16)15-39-30-33-32-29(40-30)34-25(21-5-3-4-6-22(21)31)24(27(36)28(34)37)26(35)19-11-12-23-20(14-19)13-17(2)38-23/h3-12,14,17,25,35H,13,15H2,1-2H3/b26-24+/t17-,25-/m0/s1. The topological polar surface area (TPSA) is 92.6 Å². The molecule has 2 aliphatic rings. The third kappa shape index (κ3) is 4.77. The Labute approximate surface area is 238 Å². The number of carbonyl (C=O) groups excluding carboxylic acids is 2. The highest BCUT2D eigenvalue weighted by molar-refractivity contribution is 8.00. The number of aliphatic hydroxyl groups is 1. The zero-order valence-corrected chi connectivity index (χ0v) is 23.3. The van der Waals surface area contributed by atoms with Crippen molar-refractivity contribution in [1.82, 2.24) is 10.2 Å².